The van der Waals surface area contributed by atoms with Crippen molar-refractivity contribution < 1.29 is 19.5 Å². The van der Waals surface area contributed by atoms with Crippen LogP contribution in [0.2, 0.25) is 0 Å². The predicted octanol–water partition coefficient (Wildman–Crippen LogP) is 5.28. The Morgan fingerprint density at radius 1 is 0.971 bits per heavy atom. The molecule has 0 aliphatic carbocycles. The highest BCUT2D eigenvalue weighted by molar-refractivity contribution is 6.18. The average molecular weight is 457 g/mol. The summed E-state index contributed by atoms with van der Waals surface area (Å²) in [6.07, 6.45) is -1.16. The van der Waals surface area contributed by atoms with E-state index in [4.69, 9.17) is 5.11 Å². The van der Waals surface area contributed by atoms with Crippen molar-refractivity contribution in [2.24, 2.45) is 0 Å². The number of rotatable bonds is 6. The fourth-order valence-corrected chi connectivity index (χ4v) is 3.60. The maximum absolute atomic E-state index is 13.3. The Hall–Kier alpha value is -4.46. The molecule has 0 radical (unpaired) electrons. The summed E-state index contributed by atoms with van der Waals surface area (Å²) in [6, 6.07) is 19.1. The zero-order valence-corrected chi connectivity index (χ0v) is 19.0. The van der Waals surface area contributed by atoms with E-state index >= 15 is 0 Å². The topological polar surface area (TPSA) is 115 Å². The predicted molar refractivity (Wildman–Crippen MR) is 131 cm³/mol. The third-order valence-corrected chi connectivity index (χ3v) is 5.56. The Balaban J connectivity index is 1.63. The van der Waals surface area contributed by atoms with Crippen LogP contribution < -0.4 is 10.2 Å². The second-order valence-electron chi connectivity index (χ2n) is 8.24. The molecule has 0 saturated carbocycles. The van der Waals surface area contributed by atoms with Crippen molar-refractivity contribution in [3.63, 3.8) is 0 Å². The smallest absolute Gasteiger partial charge is 0.413 e. The zero-order chi connectivity index (χ0) is 24.4. The molecule has 3 N–H and O–H groups in total. The first kappa shape index (κ1) is 22.7. The van der Waals surface area contributed by atoms with Crippen molar-refractivity contribution >= 4 is 40.5 Å². The Labute approximate surface area is 196 Å². The third kappa shape index (κ3) is 4.52. The lowest BCUT2D eigenvalue weighted by molar-refractivity contribution is 0.0996. The molecule has 1 aromatic heterocycles. The van der Waals surface area contributed by atoms with E-state index in [1.165, 1.54) is 7.05 Å². The van der Waals surface area contributed by atoms with Gasteiger partial charge in [-0.3, -0.25) is 14.5 Å². The normalized spacial score (nSPS) is 10.9. The number of hydrogen-bond donors (Lipinski definition) is 3. The highest BCUT2D eigenvalue weighted by atomic mass is 16.4. The molecule has 0 saturated heterocycles. The van der Waals surface area contributed by atoms with Crippen LogP contribution in [0.4, 0.5) is 16.4 Å². The van der Waals surface area contributed by atoms with E-state index in [2.05, 4.69) is 29.1 Å². The van der Waals surface area contributed by atoms with E-state index in [1.807, 2.05) is 24.3 Å². The highest BCUT2D eigenvalue weighted by Crippen LogP contribution is 2.23. The molecule has 0 aliphatic rings. The van der Waals surface area contributed by atoms with Gasteiger partial charge in [-0.05, 0) is 47.9 Å². The lowest BCUT2D eigenvalue weighted by Gasteiger charge is -2.12. The molecule has 0 spiro atoms. The molecule has 4 rings (SSSR count). The fraction of sp³-hybridized carbons (Fsp3) is 0.154. The van der Waals surface area contributed by atoms with Crippen LogP contribution in [0.1, 0.15) is 51.6 Å². The Bertz CT molecular complexity index is 1410. The minimum atomic E-state index is -1.16. The van der Waals surface area contributed by atoms with E-state index in [-0.39, 0.29) is 28.8 Å². The van der Waals surface area contributed by atoms with Crippen LogP contribution in [-0.4, -0.2) is 39.9 Å². The fourth-order valence-electron chi connectivity index (χ4n) is 3.60. The number of imidazole rings is 1. The number of carbonyl (C=O) groups is 3. The lowest BCUT2D eigenvalue weighted by Crippen LogP contribution is -2.24. The molecule has 0 fully saturated rings. The van der Waals surface area contributed by atoms with E-state index in [0.717, 1.165) is 10.5 Å². The molecule has 0 unspecified atom stereocenters. The van der Waals surface area contributed by atoms with Crippen molar-refractivity contribution in [1.29, 1.82) is 0 Å². The number of benzene rings is 3. The molecule has 3 aromatic carbocycles. The van der Waals surface area contributed by atoms with Crippen LogP contribution in [0.25, 0.3) is 11.0 Å². The van der Waals surface area contributed by atoms with Gasteiger partial charge in [0.05, 0.1) is 16.6 Å². The number of ketones is 1. The molecule has 172 valence electrons. The Morgan fingerprint density at radius 2 is 1.71 bits per heavy atom. The monoisotopic (exact) mass is 456 g/mol. The van der Waals surface area contributed by atoms with Crippen LogP contribution in [0.3, 0.4) is 0 Å². The van der Waals surface area contributed by atoms with Gasteiger partial charge in [-0.25, -0.2) is 9.78 Å². The number of carbonyl (C=O) groups excluding carboxylic acids is 2. The van der Waals surface area contributed by atoms with E-state index in [1.54, 1.807) is 42.5 Å². The first-order valence-corrected chi connectivity index (χ1v) is 10.8. The second-order valence-corrected chi connectivity index (χ2v) is 8.24. The molecule has 2 amide bonds. The second kappa shape index (κ2) is 9.19. The van der Waals surface area contributed by atoms with Crippen LogP contribution >= 0.6 is 0 Å². The number of nitrogens with zero attached hydrogens (tertiary/aromatic N) is 2. The molecule has 0 aliphatic heterocycles. The quantitative estimate of drug-likeness (QED) is 0.341. The lowest BCUT2D eigenvalue weighted by atomic mass is 9.97. The first-order valence-electron chi connectivity index (χ1n) is 10.8. The van der Waals surface area contributed by atoms with Gasteiger partial charge in [0.25, 0.3) is 5.91 Å². The van der Waals surface area contributed by atoms with Gasteiger partial charge in [-0.1, -0.05) is 44.2 Å². The molecule has 0 atom stereocenters. The van der Waals surface area contributed by atoms with Gasteiger partial charge in [0.2, 0.25) is 5.95 Å². The SMILES string of the molecule is CC(C)c1cccc(NC(=O)c2ccccc2C(=O)c2ccc3nc(N(C)C(=O)O)[nH]c3c2)c1. The average Bonchev–Trinajstić information content (AvgIpc) is 3.26. The molecular formula is C26H24N4O4. The van der Waals surface area contributed by atoms with E-state index in [9.17, 15) is 14.4 Å². The minimum Gasteiger partial charge on any atom is -0.465 e. The molecule has 4 aromatic rings. The number of hydrogen-bond acceptors (Lipinski definition) is 4. The third-order valence-electron chi connectivity index (χ3n) is 5.56. The maximum Gasteiger partial charge on any atom is 0.413 e. The van der Waals surface area contributed by atoms with Gasteiger partial charge in [0.15, 0.2) is 5.78 Å². The summed E-state index contributed by atoms with van der Waals surface area (Å²) in [5.74, 6) is -0.237. The Morgan fingerprint density at radius 3 is 2.41 bits per heavy atom. The number of aromatic amines is 1. The van der Waals surface area contributed by atoms with Crippen LogP contribution in [0, 0.1) is 0 Å². The van der Waals surface area contributed by atoms with Gasteiger partial charge >= 0.3 is 6.09 Å². The number of amides is 2. The largest absolute Gasteiger partial charge is 0.465 e. The summed E-state index contributed by atoms with van der Waals surface area (Å²) in [4.78, 5) is 45.7. The van der Waals surface area contributed by atoms with Crippen LogP contribution in [-0.2, 0) is 0 Å². The van der Waals surface area contributed by atoms with E-state index in [0.29, 0.717) is 28.2 Å². The van der Waals surface area contributed by atoms with Crippen molar-refractivity contribution in [3.05, 3.63) is 89.0 Å². The number of nitrogens with one attached hydrogen (secondary N) is 2. The van der Waals surface area contributed by atoms with Crippen molar-refractivity contribution in [1.82, 2.24) is 9.97 Å². The number of anilines is 2. The maximum atomic E-state index is 13.3. The molecule has 8 nitrogen and oxygen atoms in total. The summed E-state index contributed by atoms with van der Waals surface area (Å²) in [6.45, 7) is 4.15. The number of aromatic nitrogens is 2. The zero-order valence-electron chi connectivity index (χ0n) is 19.0. The summed E-state index contributed by atoms with van der Waals surface area (Å²) < 4.78 is 0. The van der Waals surface area contributed by atoms with Crippen molar-refractivity contribution in [2.45, 2.75) is 19.8 Å². The van der Waals surface area contributed by atoms with Crippen LogP contribution in [0.15, 0.2) is 66.7 Å². The molecule has 0 bridgehead atoms. The summed E-state index contributed by atoms with van der Waals surface area (Å²) in [5.41, 5.74) is 3.68. The molecule has 34 heavy (non-hydrogen) atoms. The van der Waals surface area contributed by atoms with Crippen molar-refractivity contribution in [2.75, 3.05) is 17.3 Å². The summed E-state index contributed by atoms with van der Waals surface area (Å²) in [5, 5.41) is 12.0. The minimum absolute atomic E-state index is 0.149. The highest BCUT2D eigenvalue weighted by Gasteiger charge is 2.20. The Kier molecular flexibility index (Phi) is 6.14. The van der Waals surface area contributed by atoms with Gasteiger partial charge < -0.3 is 15.4 Å². The van der Waals surface area contributed by atoms with Crippen molar-refractivity contribution in [3.8, 4) is 0 Å². The van der Waals surface area contributed by atoms with Gasteiger partial charge in [0, 0.05) is 23.9 Å². The molecular weight excluding hydrogens is 432 g/mol. The first-order chi connectivity index (χ1) is 16.2. The standard InChI is InChI=1S/C26H24N4O4/c1-15(2)16-7-6-8-18(13-16)27-24(32)20-10-5-4-9-19(20)23(31)17-11-12-21-22(14-17)29-25(28-21)30(3)26(33)34/h4-15H,1-3H3,(H,27,32)(H,28,29)(H,33,34). The number of H-pyrrole nitrogens is 1. The van der Waals surface area contributed by atoms with Gasteiger partial charge in [-0.15, -0.1) is 0 Å². The summed E-state index contributed by atoms with van der Waals surface area (Å²) >= 11 is 0. The summed E-state index contributed by atoms with van der Waals surface area (Å²) in [7, 11) is 1.37. The molecule has 8 heteroatoms. The van der Waals surface area contributed by atoms with Crippen LogP contribution in [0.5, 0.6) is 0 Å². The number of carboxylic acid groups (broad SMARTS) is 1. The molecule has 1 heterocycles. The van der Waals surface area contributed by atoms with E-state index < -0.39 is 6.09 Å². The number of fused-ring (bicyclic) bond motifs is 1. The van der Waals surface area contributed by atoms with Gasteiger partial charge in [-0.2, -0.15) is 0 Å². The van der Waals surface area contributed by atoms with Gasteiger partial charge in [0.1, 0.15) is 0 Å².